The highest BCUT2D eigenvalue weighted by Gasteiger charge is 2.23. The second kappa shape index (κ2) is 7.88. The zero-order valence-corrected chi connectivity index (χ0v) is 18.6. The molecule has 0 spiro atoms. The molecule has 0 bridgehead atoms. The van der Waals surface area contributed by atoms with Crippen molar-refractivity contribution < 1.29 is 0 Å². The molecule has 31 heavy (non-hydrogen) atoms. The molecule has 4 nitrogen and oxygen atoms in total. The molecule has 0 N–H and O–H groups in total. The van der Waals surface area contributed by atoms with Gasteiger partial charge in [0.05, 0.1) is 18.5 Å². The second-order valence-corrected chi connectivity index (χ2v) is 10.0. The quantitative estimate of drug-likeness (QED) is 0.451. The largest absolute Gasteiger partial charge is 0.296 e. The number of hydrogen-bond acceptors (Lipinski definition) is 4. The maximum atomic E-state index is 13.9. The Morgan fingerprint density at radius 3 is 2.61 bits per heavy atom. The Labute approximate surface area is 186 Å². The van der Waals surface area contributed by atoms with Gasteiger partial charge < -0.3 is 0 Å². The maximum Gasteiger partial charge on any atom is 0.262 e. The fraction of sp³-hybridized carbons (Fsp3) is 0.385. The van der Waals surface area contributed by atoms with Gasteiger partial charge in [-0.15, -0.1) is 11.3 Å². The van der Waals surface area contributed by atoms with Crippen molar-refractivity contribution in [3.05, 3.63) is 74.6 Å². The van der Waals surface area contributed by atoms with Gasteiger partial charge in [0.15, 0.2) is 0 Å². The molecule has 1 saturated heterocycles. The molecule has 1 aliphatic heterocycles. The summed E-state index contributed by atoms with van der Waals surface area (Å²) in [6.07, 6.45) is 7.00. The van der Waals surface area contributed by atoms with Crippen LogP contribution in [-0.2, 0) is 25.9 Å². The van der Waals surface area contributed by atoms with E-state index in [1.165, 1.54) is 52.5 Å². The van der Waals surface area contributed by atoms with Gasteiger partial charge in [0.25, 0.3) is 5.56 Å². The van der Waals surface area contributed by atoms with Gasteiger partial charge in [0, 0.05) is 4.88 Å². The van der Waals surface area contributed by atoms with Crippen molar-refractivity contribution in [1.82, 2.24) is 14.5 Å². The van der Waals surface area contributed by atoms with Crippen LogP contribution in [0.5, 0.6) is 0 Å². The van der Waals surface area contributed by atoms with Crippen LogP contribution in [0, 0.1) is 0 Å². The number of fused-ring (bicyclic) bond motifs is 4. The third kappa shape index (κ3) is 3.40. The maximum absolute atomic E-state index is 13.9. The molecular weight excluding hydrogens is 402 g/mol. The highest BCUT2D eigenvalue weighted by atomic mass is 32.1. The van der Waals surface area contributed by atoms with E-state index in [1.54, 1.807) is 11.3 Å². The van der Waals surface area contributed by atoms with Crippen LogP contribution in [0.4, 0.5) is 0 Å². The van der Waals surface area contributed by atoms with Gasteiger partial charge in [0.1, 0.15) is 10.7 Å². The van der Waals surface area contributed by atoms with Gasteiger partial charge in [0.2, 0.25) is 0 Å². The third-order valence-corrected chi connectivity index (χ3v) is 8.11. The molecule has 1 fully saturated rings. The molecule has 6 rings (SSSR count). The van der Waals surface area contributed by atoms with Crippen LogP contribution >= 0.6 is 11.3 Å². The summed E-state index contributed by atoms with van der Waals surface area (Å²) in [6.45, 7) is 3.54. The highest BCUT2D eigenvalue weighted by molar-refractivity contribution is 7.18. The lowest BCUT2D eigenvalue weighted by Gasteiger charge is -2.19. The first-order valence-electron chi connectivity index (χ1n) is 11.5. The minimum atomic E-state index is 0.159. The Balaban J connectivity index is 1.53. The zero-order chi connectivity index (χ0) is 20.8. The molecule has 2 aromatic heterocycles. The molecular formula is C26H27N3OS. The first-order chi connectivity index (χ1) is 15.3. The van der Waals surface area contributed by atoms with E-state index in [0.717, 1.165) is 48.5 Å². The van der Waals surface area contributed by atoms with Crippen molar-refractivity contribution in [3.63, 3.8) is 0 Å². The van der Waals surface area contributed by atoms with Crippen molar-refractivity contribution in [2.24, 2.45) is 0 Å². The van der Waals surface area contributed by atoms with Gasteiger partial charge in [-0.05, 0) is 73.5 Å². The van der Waals surface area contributed by atoms with E-state index < -0.39 is 0 Å². The summed E-state index contributed by atoms with van der Waals surface area (Å²) >= 11 is 1.76. The van der Waals surface area contributed by atoms with Crippen LogP contribution < -0.4 is 5.56 Å². The van der Waals surface area contributed by atoms with E-state index >= 15 is 0 Å². The molecule has 2 aromatic carbocycles. The van der Waals surface area contributed by atoms with Crippen LogP contribution in [0.1, 0.15) is 47.5 Å². The minimum absolute atomic E-state index is 0.159. The first kappa shape index (κ1) is 19.2. The Morgan fingerprint density at radius 2 is 1.71 bits per heavy atom. The van der Waals surface area contributed by atoms with Gasteiger partial charge in [-0.2, -0.15) is 0 Å². The Hall–Kier alpha value is -2.50. The standard InChI is InChI=1S/C26H27N3OS/c30-26-24-21-12-3-4-13-22(21)31-25(24)27-23(17-28-14-5-6-15-28)29(26)16-19-10-7-9-18-8-1-2-11-20(18)19/h1-2,7-11H,3-6,12-17H2. The van der Waals surface area contributed by atoms with Crippen LogP contribution in [0.15, 0.2) is 47.3 Å². The van der Waals surface area contributed by atoms with Gasteiger partial charge in [-0.25, -0.2) is 4.98 Å². The number of benzene rings is 2. The monoisotopic (exact) mass is 429 g/mol. The normalized spacial score (nSPS) is 16.9. The Bertz CT molecular complexity index is 1320. The van der Waals surface area contributed by atoms with E-state index in [2.05, 4.69) is 47.4 Å². The topological polar surface area (TPSA) is 38.1 Å². The number of nitrogens with zero attached hydrogens (tertiary/aromatic N) is 3. The summed E-state index contributed by atoms with van der Waals surface area (Å²) in [5, 5.41) is 3.33. The number of likely N-dealkylation sites (tertiary alicyclic amines) is 1. The van der Waals surface area contributed by atoms with Gasteiger partial charge in [-0.1, -0.05) is 42.5 Å². The molecule has 0 unspecified atom stereocenters. The molecule has 3 heterocycles. The van der Waals surface area contributed by atoms with Crippen molar-refractivity contribution in [2.45, 2.75) is 51.6 Å². The van der Waals surface area contributed by atoms with Gasteiger partial charge >= 0.3 is 0 Å². The van der Waals surface area contributed by atoms with E-state index in [0.29, 0.717) is 6.54 Å². The van der Waals surface area contributed by atoms with Crippen molar-refractivity contribution in [1.29, 1.82) is 0 Å². The minimum Gasteiger partial charge on any atom is -0.296 e. The summed E-state index contributed by atoms with van der Waals surface area (Å²) in [5.74, 6) is 0.922. The zero-order valence-electron chi connectivity index (χ0n) is 17.8. The summed E-state index contributed by atoms with van der Waals surface area (Å²) in [4.78, 5) is 23.8. The predicted molar refractivity (Wildman–Crippen MR) is 128 cm³/mol. The predicted octanol–water partition coefficient (Wildman–Crippen LogP) is 5.13. The number of rotatable bonds is 4. The Morgan fingerprint density at radius 1 is 0.903 bits per heavy atom. The van der Waals surface area contributed by atoms with Crippen LogP contribution in [0.25, 0.3) is 21.0 Å². The molecule has 0 amide bonds. The fourth-order valence-electron chi connectivity index (χ4n) is 5.31. The molecule has 0 atom stereocenters. The van der Waals surface area contributed by atoms with Crippen LogP contribution in [-0.4, -0.2) is 27.5 Å². The fourth-order valence-corrected chi connectivity index (χ4v) is 6.58. The molecule has 4 aromatic rings. The van der Waals surface area contributed by atoms with Gasteiger partial charge in [-0.3, -0.25) is 14.3 Å². The number of aryl methyl sites for hydroxylation is 2. The lowest BCUT2D eigenvalue weighted by atomic mass is 9.97. The molecule has 0 radical (unpaired) electrons. The van der Waals surface area contributed by atoms with E-state index in [9.17, 15) is 4.79 Å². The summed E-state index contributed by atoms with van der Waals surface area (Å²) in [5.41, 5.74) is 2.63. The van der Waals surface area contributed by atoms with Crippen molar-refractivity contribution >= 4 is 32.3 Å². The number of aromatic nitrogens is 2. The van der Waals surface area contributed by atoms with E-state index in [1.807, 2.05) is 4.57 Å². The van der Waals surface area contributed by atoms with Crippen LogP contribution in [0.3, 0.4) is 0 Å². The molecule has 0 saturated carbocycles. The van der Waals surface area contributed by atoms with Crippen molar-refractivity contribution in [2.75, 3.05) is 13.1 Å². The third-order valence-electron chi connectivity index (χ3n) is 6.93. The van der Waals surface area contributed by atoms with E-state index in [-0.39, 0.29) is 5.56 Å². The lowest BCUT2D eigenvalue weighted by Crippen LogP contribution is -2.30. The Kier molecular flexibility index (Phi) is 4.88. The van der Waals surface area contributed by atoms with E-state index in [4.69, 9.17) is 4.98 Å². The van der Waals surface area contributed by atoms with Crippen LogP contribution in [0.2, 0.25) is 0 Å². The average molecular weight is 430 g/mol. The summed E-state index contributed by atoms with van der Waals surface area (Å²) in [7, 11) is 0. The number of hydrogen-bond donors (Lipinski definition) is 0. The molecule has 1 aliphatic carbocycles. The molecule has 158 valence electrons. The van der Waals surface area contributed by atoms with Crippen molar-refractivity contribution in [3.8, 4) is 0 Å². The molecule has 5 heteroatoms. The molecule has 2 aliphatic rings. The highest BCUT2D eigenvalue weighted by Crippen LogP contribution is 2.34. The first-order valence-corrected chi connectivity index (χ1v) is 12.3. The second-order valence-electron chi connectivity index (χ2n) is 8.93. The smallest absolute Gasteiger partial charge is 0.262 e. The summed E-state index contributed by atoms with van der Waals surface area (Å²) < 4.78 is 1.98. The lowest BCUT2D eigenvalue weighted by molar-refractivity contribution is 0.315. The number of thiophene rings is 1. The SMILES string of the molecule is O=c1c2c3c(sc2nc(CN2CCCC2)n1Cc1cccc2ccccc12)CCCC3. The summed E-state index contributed by atoms with van der Waals surface area (Å²) in [6, 6.07) is 14.9. The average Bonchev–Trinajstić information content (AvgIpc) is 3.44.